The predicted molar refractivity (Wildman–Crippen MR) is 106 cm³/mol. The molecule has 0 atom stereocenters. The zero-order valence-corrected chi connectivity index (χ0v) is 15.9. The summed E-state index contributed by atoms with van der Waals surface area (Å²) in [6.45, 7) is 4.33. The van der Waals surface area contributed by atoms with Crippen LogP contribution in [0.15, 0.2) is 59.1 Å². The van der Waals surface area contributed by atoms with Gasteiger partial charge in [0.1, 0.15) is 5.75 Å². The number of benzene rings is 2. The fourth-order valence-electron chi connectivity index (χ4n) is 2.71. The summed E-state index contributed by atoms with van der Waals surface area (Å²) in [7, 11) is 1.61. The number of aromatic nitrogens is 1. The normalized spacial score (nSPS) is 10.8. The molecule has 3 rings (SSSR count). The predicted octanol–water partition coefficient (Wildman–Crippen LogP) is 5.04. The molecule has 0 spiro atoms. The first kappa shape index (κ1) is 18.7. The van der Waals surface area contributed by atoms with Gasteiger partial charge in [0, 0.05) is 24.1 Å². The van der Waals surface area contributed by atoms with Crippen LogP contribution in [0, 0.1) is 0 Å². The molecule has 1 amide bonds. The summed E-state index contributed by atoms with van der Waals surface area (Å²) in [6, 6.07) is 15.5. The third kappa shape index (κ3) is 4.97. The molecule has 2 aromatic carbocycles. The van der Waals surface area contributed by atoms with E-state index < -0.39 is 0 Å². The van der Waals surface area contributed by atoms with Crippen LogP contribution >= 0.6 is 0 Å². The van der Waals surface area contributed by atoms with Crippen LogP contribution in [0.1, 0.15) is 37.6 Å². The second kappa shape index (κ2) is 8.54. The maximum Gasteiger partial charge on any atom is 0.224 e. The molecule has 0 radical (unpaired) electrons. The highest BCUT2D eigenvalue weighted by molar-refractivity contribution is 5.90. The minimum Gasteiger partial charge on any atom is -0.497 e. The summed E-state index contributed by atoms with van der Waals surface area (Å²) in [5.41, 5.74) is 3.01. The molecule has 3 aromatic rings. The molecular weight excluding hydrogens is 340 g/mol. The molecular formula is C22H24N2O3. The van der Waals surface area contributed by atoms with E-state index in [2.05, 4.69) is 36.3 Å². The molecule has 0 saturated carbocycles. The lowest BCUT2D eigenvalue weighted by atomic mass is 10.0. The maximum atomic E-state index is 12.1. The van der Waals surface area contributed by atoms with Gasteiger partial charge in [-0.1, -0.05) is 38.1 Å². The lowest BCUT2D eigenvalue weighted by Gasteiger charge is -2.06. The zero-order chi connectivity index (χ0) is 19.2. The first-order chi connectivity index (χ1) is 13.0. The Morgan fingerprint density at radius 1 is 1.11 bits per heavy atom. The van der Waals surface area contributed by atoms with E-state index in [4.69, 9.17) is 9.15 Å². The van der Waals surface area contributed by atoms with Gasteiger partial charge in [-0.3, -0.25) is 4.79 Å². The van der Waals surface area contributed by atoms with Crippen molar-refractivity contribution in [2.24, 2.45) is 0 Å². The van der Waals surface area contributed by atoms with E-state index in [-0.39, 0.29) is 5.91 Å². The maximum absolute atomic E-state index is 12.1. The number of nitrogens with zero attached hydrogens (tertiary/aromatic N) is 1. The van der Waals surface area contributed by atoms with Crippen LogP contribution in [-0.4, -0.2) is 18.0 Å². The van der Waals surface area contributed by atoms with Crippen LogP contribution in [0.25, 0.3) is 11.3 Å². The Kier molecular flexibility index (Phi) is 5.91. The van der Waals surface area contributed by atoms with Crippen molar-refractivity contribution >= 4 is 11.6 Å². The van der Waals surface area contributed by atoms with Crippen molar-refractivity contribution in [2.75, 3.05) is 12.4 Å². The van der Waals surface area contributed by atoms with E-state index in [9.17, 15) is 4.79 Å². The monoisotopic (exact) mass is 364 g/mol. The van der Waals surface area contributed by atoms with Gasteiger partial charge in [0.25, 0.3) is 0 Å². The van der Waals surface area contributed by atoms with Crippen LogP contribution in [0.4, 0.5) is 5.69 Å². The van der Waals surface area contributed by atoms with Gasteiger partial charge in [-0.2, -0.15) is 0 Å². The molecule has 0 unspecified atom stereocenters. The molecule has 0 bridgehead atoms. The third-order valence-corrected chi connectivity index (χ3v) is 4.36. The summed E-state index contributed by atoms with van der Waals surface area (Å²) in [4.78, 5) is 16.4. The number of rotatable bonds is 7. The number of methoxy groups -OCH3 is 1. The highest BCUT2D eigenvalue weighted by Gasteiger charge is 2.10. The molecule has 0 saturated heterocycles. The van der Waals surface area contributed by atoms with Gasteiger partial charge in [-0.15, -0.1) is 0 Å². The number of aryl methyl sites for hydroxylation is 1. The Bertz CT molecular complexity index is 881. The Morgan fingerprint density at radius 3 is 2.44 bits per heavy atom. The van der Waals surface area contributed by atoms with Crippen LogP contribution in [0.3, 0.4) is 0 Å². The highest BCUT2D eigenvalue weighted by Crippen LogP contribution is 2.24. The second-order valence-electron chi connectivity index (χ2n) is 6.67. The number of ether oxygens (including phenoxy) is 1. The number of oxazole rings is 1. The average Bonchev–Trinajstić information content (AvgIpc) is 3.16. The Hall–Kier alpha value is -3.08. The van der Waals surface area contributed by atoms with E-state index in [1.54, 1.807) is 37.6 Å². The number of amides is 1. The van der Waals surface area contributed by atoms with Gasteiger partial charge in [0.05, 0.1) is 13.3 Å². The quantitative estimate of drug-likeness (QED) is 0.637. The van der Waals surface area contributed by atoms with Crippen LogP contribution < -0.4 is 10.1 Å². The van der Waals surface area contributed by atoms with Gasteiger partial charge >= 0.3 is 0 Å². The summed E-state index contributed by atoms with van der Waals surface area (Å²) < 4.78 is 10.9. The smallest absolute Gasteiger partial charge is 0.224 e. The van der Waals surface area contributed by atoms with E-state index >= 15 is 0 Å². The summed E-state index contributed by atoms with van der Waals surface area (Å²) >= 11 is 0. The Labute approximate surface area is 159 Å². The standard InChI is InChI=1S/C22H24N2O3/c1-15(2)16-4-6-17(7-5-16)20-14-23-22(27-20)13-12-21(25)24-18-8-10-19(26-3)11-9-18/h4-11,14-15H,12-13H2,1-3H3,(H,24,25). The van der Waals surface area contributed by atoms with Gasteiger partial charge in [0.15, 0.2) is 11.7 Å². The average molecular weight is 364 g/mol. The van der Waals surface area contributed by atoms with Crippen molar-refractivity contribution in [1.29, 1.82) is 0 Å². The summed E-state index contributed by atoms with van der Waals surface area (Å²) in [5.74, 6) is 2.44. The topological polar surface area (TPSA) is 64.4 Å². The number of carbonyl (C=O) groups is 1. The fraction of sp³-hybridized carbons (Fsp3) is 0.273. The van der Waals surface area contributed by atoms with Crippen molar-refractivity contribution in [3.63, 3.8) is 0 Å². The van der Waals surface area contributed by atoms with Gasteiger partial charge in [-0.05, 0) is 35.7 Å². The van der Waals surface area contributed by atoms with Gasteiger partial charge in [0.2, 0.25) is 5.91 Å². The Morgan fingerprint density at radius 2 is 1.81 bits per heavy atom. The molecule has 0 aliphatic carbocycles. The van der Waals surface area contributed by atoms with Crippen molar-refractivity contribution in [3.05, 3.63) is 66.2 Å². The number of hydrogen-bond donors (Lipinski definition) is 1. The largest absolute Gasteiger partial charge is 0.497 e. The summed E-state index contributed by atoms with van der Waals surface area (Å²) in [5, 5.41) is 2.85. The lowest BCUT2D eigenvalue weighted by molar-refractivity contribution is -0.116. The van der Waals surface area contributed by atoms with Crippen LogP contribution in [-0.2, 0) is 11.2 Å². The zero-order valence-electron chi connectivity index (χ0n) is 15.9. The van der Waals surface area contributed by atoms with Crippen molar-refractivity contribution in [2.45, 2.75) is 32.6 Å². The van der Waals surface area contributed by atoms with Crippen LogP contribution in [0.5, 0.6) is 5.75 Å². The van der Waals surface area contributed by atoms with E-state index in [1.165, 1.54) is 5.56 Å². The fourth-order valence-corrected chi connectivity index (χ4v) is 2.71. The number of nitrogens with one attached hydrogen (secondary N) is 1. The molecule has 27 heavy (non-hydrogen) atoms. The summed E-state index contributed by atoms with van der Waals surface area (Å²) in [6.07, 6.45) is 2.46. The highest BCUT2D eigenvalue weighted by atomic mass is 16.5. The third-order valence-electron chi connectivity index (χ3n) is 4.36. The first-order valence-electron chi connectivity index (χ1n) is 9.04. The lowest BCUT2D eigenvalue weighted by Crippen LogP contribution is -2.12. The molecule has 0 aliphatic heterocycles. The van der Waals surface area contributed by atoms with Crippen LogP contribution in [0.2, 0.25) is 0 Å². The second-order valence-corrected chi connectivity index (χ2v) is 6.67. The van der Waals surface area contributed by atoms with E-state index in [0.717, 1.165) is 22.8 Å². The van der Waals surface area contributed by atoms with E-state index in [1.807, 2.05) is 12.1 Å². The number of hydrogen-bond acceptors (Lipinski definition) is 4. The molecule has 140 valence electrons. The van der Waals surface area contributed by atoms with Gasteiger partial charge < -0.3 is 14.5 Å². The number of anilines is 1. The van der Waals surface area contributed by atoms with Gasteiger partial charge in [-0.25, -0.2) is 4.98 Å². The Balaban J connectivity index is 1.54. The van der Waals surface area contributed by atoms with Crippen molar-refractivity contribution < 1.29 is 13.9 Å². The van der Waals surface area contributed by atoms with E-state index in [0.29, 0.717) is 24.7 Å². The molecule has 5 heteroatoms. The number of carbonyl (C=O) groups excluding carboxylic acids is 1. The van der Waals surface area contributed by atoms with Crippen molar-refractivity contribution in [1.82, 2.24) is 4.98 Å². The molecule has 1 heterocycles. The molecule has 0 fully saturated rings. The first-order valence-corrected chi connectivity index (χ1v) is 9.04. The molecule has 1 N–H and O–H groups in total. The van der Waals surface area contributed by atoms with Crippen molar-refractivity contribution in [3.8, 4) is 17.1 Å². The molecule has 5 nitrogen and oxygen atoms in total. The molecule has 1 aromatic heterocycles. The minimum absolute atomic E-state index is 0.0822. The SMILES string of the molecule is COc1ccc(NC(=O)CCc2ncc(-c3ccc(C(C)C)cc3)o2)cc1. The molecule has 0 aliphatic rings. The minimum atomic E-state index is -0.0822.